The molecule has 0 aliphatic rings. The molecule has 1 aromatic carbocycles. The lowest BCUT2D eigenvalue weighted by atomic mass is 10.1. The maximum absolute atomic E-state index is 12.3. The molecular weight excluding hydrogens is 362 g/mol. The van der Waals surface area contributed by atoms with Crippen LogP contribution < -0.4 is 14.8 Å². The number of aromatic nitrogens is 2. The van der Waals surface area contributed by atoms with Crippen LogP contribution in [0.3, 0.4) is 0 Å². The van der Waals surface area contributed by atoms with Crippen LogP contribution in [0.1, 0.15) is 30.6 Å². The van der Waals surface area contributed by atoms with Crippen LogP contribution in [-0.4, -0.2) is 56.5 Å². The molecule has 28 heavy (non-hydrogen) atoms. The molecule has 1 heterocycles. The lowest BCUT2D eigenvalue weighted by Crippen LogP contribution is -2.26. The average Bonchev–Trinajstić information content (AvgIpc) is 2.72. The summed E-state index contributed by atoms with van der Waals surface area (Å²) in [6, 6.07) is 5.39. The lowest BCUT2D eigenvalue weighted by Gasteiger charge is -2.19. The number of hydrogen-bond donors (Lipinski definition) is 1. The van der Waals surface area contributed by atoms with Crippen molar-refractivity contribution in [3.63, 3.8) is 0 Å². The Kier molecular flexibility index (Phi) is 8.01. The molecule has 8 heteroatoms. The van der Waals surface area contributed by atoms with Gasteiger partial charge in [0.05, 0.1) is 33.5 Å². The Morgan fingerprint density at radius 2 is 1.89 bits per heavy atom. The van der Waals surface area contributed by atoms with Gasteiger partial charge in [0.1, 0.15) is 11.4 Å². The van der Waals surface area contributed by atoms with Gasteiger partial charge in [0, 0.05) is 18.9 Å². The number of hydrogen-bond acceptors (Lipinski definition) is 8. The Bertz CT molecular complexity index is 797. The molecule has 0 saturated carbocycles. The molecular formula is C20H27N3O5. The van der Waals surface area contributed by atoms with E-state index >= 15 is 0 Å². The van der Waals surface area contributed by atoms with E-state index in [0.717, 1.165) is 12.0 Å². The minimum absolute atomic E-state index is 0.00803. The summed E-state index contributed by atoms with van der Waals surface area (Å²) < 4.78 is 21.0. The summed E-state index contributed by atoms with van der Waals surface area (Å²) in [4.78, 5) is 21.2. The van der Waals surface area contributed by atoms with Gasteiger partial charge in [-0.1, -0.05) is 6.92 Å². The number of nitrogens with one attached hydrogen (secondary N) is 1. The summed E-state index contributed by atoms with van der Waals surface area (Å²) in [7, 11) is 4.77. The van der Waals surface area contributed by atoms with Gasteiger partial charge in [0.25, 0.3) is 0 Å². The first kappa shape index (κ1) is 21.4. The molecule has 0 aliphatic heterocycles. The van der Waals surface area contributed by atoms with E-state index in [-0.39, 0.29) is 18.2 Å². The zero-order chi connectivity index (χ0) is 20.5. The zero-order valence-corrected chi connectivity index (χ0v) is 16.9. The number of ether oxygens (including phenoxy) is 4. The van der Waals surface area contributed by atoms with Crippen molar-refractivity contribution < 1.29 is 23.7 Å². The van der Waals surface area contributed by atoms with E-state index in [9.17, 15) is 4.79 Å². The van der Waals surface area contributed by atoms with Crippen LogP contribution in [0.15, 0.2) is 24.4 Å². The Morgan fingerprint density at radius 1 is 1.14 bits per heavy atom. The number of anilines is 1. The minimum Gasteiger partial charge on any atom is -0.493 e. The van der Waals surface area contributed by atoms with E-state index in [1.807, 2.05) is 13.0 Å². The molecule has 0 fully saturated rings. The molecule has 8 nitrogen and oxygen atoms in total. The molecule has 1 N–H and O–H groups in total. The molecule has 2 aromatic rings. The van der Waals surface area contributed by atoms with Crippen molar-refractivity contribution in [3.05, 3.63) is 30.0 Å². The molecule has 0 saturated heterocycles. The Morgan fingerprint density at radius 3 is 2.50 bits per heavy atom. The van der Waals surface area contributed by atoms with Crippen molar-refractivity contribution >= 4 is 11.8 Å². The Balaban J connectivity index is 2.46. The van der Waals surface area contributed by atoms with E-state index in [0.29, 0.717) is 29.7 Å². The summed E-state index contributed by atoms with van der Waals surface area (Å²) in [5, 5.41) is 3.27. The van der Waals surface area contributed by atoms with Crippen LogP contribution in [0.4, 0.5) is 5.82 Å². The molecule has 152 valence electrons. The first-order chi connectivity index (χ1) is 13.6. The van der Waals surface area contributed by atoms with Crippen molar-refractivity contribution in [3.8, 4) is 22.9 Å². The topological polar surface area (TPSA) is 91.8 Å². The van der Waals surface area contributed by atoms with Crippen LogP contribution >= 0.6 is 0 Å². The van der Waals surface area contributed by atoms with Gasteiger partial charge in [-0.15, -0.1) is 0 Å². The van der Waals surface area contributed by atoms with Gasteiger partial charge in [-0.3, -0.25) is 0 Å². The van der Waals surface area contributed by atoms with Crippen molar-refractivity contribution in [2.45, 2.75) is 26.3 Å². The fourth-order valence-corrected chi connectivity index (χ4v) is 2.62. The summed E-state index contributed by atoms with van der Waals surface area (Å²) in [5.74, 6) is 1.55. The number of nitrogens with zero attached hydrogens (tertiary/aromatic N) is 2. The van der Waals surface area contributed by atoms with Crippen molar-refractivity contribution in [1.82, 2.24) is 9.97 Å². The van der Waals surface area contributed by atoms with E-state index in [1.165, 1.54) is 6.20 Å². The molecule has 2 rings (SSSR count). The summed E-state index contributed by atoms with van der Waals surface area (Å²) in [5.41, 5.74) is 1.01. The number of benzene rings is 1. The zero-order valence-electron chi connectivity index (χ0n) is 16.9. The number of carbonyl (C=O) groups is 1. The van der Waals surface area contributed by atoms with E-state index in [4.69, 9.17) is 18.9 Å². The minimum atomic E-state index is -0.476. The van der Waals surface area contributed by atoms with Gasteiger partial charge in [-0.05, 0) is 31.5 Å². The van der Waals surface area contributed by atoms with Gasteiger partial charge in [-0.25, -0.2) is 14.8 Å². The van der Waals surface area contributed by atoms with Crippen molar-refractivity contribution in [2.24, 2.45) is 0 Å². The van der Waals surface area contributed by atoms with E-state index in [1.54, 1.807) is 40.4 Å². The third-order valence-corrected chi connectivity index (χ3v) is 4.13. The number of rotatable bonds is 10. The standard InChI is InChI=1S/C20H27N3O5/c1-6-14(12-25-3)22-19-15(20(24)28-7-2)11-21-18(23-19)13-8-9-16(26-4)17(10-13)27-5/h8-11,14H,6-7,12H2,1-5H3,(H,21,22,23). The van der Waals surface area contributed by atoms with Crippen LogP contribution in [0.25, 0.3) is 11.4 Å². The van der Waals surface area contributed by atoms with Crippen LogP contribution in [0.5, 0.6) is 11.5 Å². The van der Waals surface area contributed by atoms with Crippen LogP contribution in [-0.2, 0) is 9.47 Å². The largest absolute Gasteiger partial charge is 0.493 e. The predicted molar refractivity (Wildman–Crippen MR) is 106 cm³/mol. The highest BCUT2D eigenvalue weighted by Gasteiger charge is 2.19. The maximum atomic E-state index is 12.3. The Hall–Kier alpha value is -2.87. The molecule has 0 radical (unpaired) electrons. The Labute approximate surface area is 165 Å². The molecule has 1 aromatic heterocycles. The number of esters is 1. The fourth-order valence-electron chi connectivity index (χ4n) is 2.62. The van der Waals surface area contributed by atoms with Crippen LogP contribution in [0.2, 0.25) is 0 Å². The van der Waals surface area contributed by atoms with Crippen molar-refractivity contribution in [2.75, 3.05) is 39.9 Å². The highest BCUT2D eigenvalue weighted by atomic mass is 16.5. The van der Waals surface area contributed by atoms with Crippen LogP contribution in [0, 0.1) is 0 Å². The van der Waals surface area contributed by atoms with Gasteiger partial charge < -0.3 is 24.3 Å². The van der Waals surface area contributed by atoms with E-state index in [2.05, 4.69) is 15.3 Å². The summed E-state index contributed by atoms with van der Waals surface area (Å²) in [6.45, 7) is 4.53. The maximum Gasteiger partial charge on any atom is 0.343 e. The lowest BCUT2D eigenvalue weighted by molar-refractivity contribution is 0.0526. The normalized spacial score (nSPS) is 11.6. The first-order valence-corrected chi connectivity index (χ1v) is 9.09. The first-order valence-electron chi connectivity index (χ1n) is 9.09. The molecule has 0 spiro atoms. The quantitative estimate of drug-likeness (QED) is 0.620. The monoisotopic (exact) mass is 389 g/mol. The second-order valence-electron chi connectivity index (χ2n) is 5.95. The van der Waals surface area contributed by atoms with E-state index < -0.39 is 5.97 Å². The second-order valence-corrected chi connectivity index (χ2v) is 5.95. The summed E-state index contributed by atoms with van der Waals surface area (Å²) in [6.07, 6.45) is 2.27. The number of methoxy groups -OCH3 is 3. The van der Waals surface area contributed by atoms with Gasteiger partial charge in [0.15, 0.2) is 17.3 Å². The predicted octanol–water partition coefficient (Wildman–Crippen LogP) is 3.17. The highest BCUT2D eigenvalue weighted by Crippen LogP contribution is 2.31. The van der Waals surface area contributed by atoms with Gasteiger partial charge in [-0.2, -0.15) is 0 Å². The fraction of sp³-hybridized carbons (Fsp3) is 0.450. The van der Waals surface area contributed by atoms with Crippen molar-refractivity contribution in [1.29, 1.82) is 0 Å². The third kappa shape index (κ3) is 5.10. The second kappa shape index (κ2) is 10.5. The SMILES string of the molecule is CCOC(=O)c1cnc(-c2ccc(OC)c(OC)c2)nc1NC(CC)COC. The summed E-state index contributed by atoms with van der Waals surface area (Å²) >= 11 is 0. The van der Waals surface area contributed by atoms with Gasteiger partial charge in [0.2, 0.25) is 0 Å². The molecule has 0 amide bonds. The third-order valence-electron chi connectivity index (χ3n) is 4.13. The average molecular weight is 389 g/mol. The van der Waals surface area contributed by atoms with Gasteiger partial charge >= 0.3 is 5.97 Å². The highest BCUT2D eigenvalue weighted by molar-refractivity contribution is 5.94. The molecule has 1 atom stereocenters. The molecule has 0 bridgehead atoms. The molecule has 1 unspecified atom stereocenters. The smallest absolute Gasteiger partial charge is 0.343 e. The molecule has 0 aliphatic carbocycles. The number of carbonyl (C=O) groups excluding carboxylic acids is 1.